The van der Waals surface area contributed by atoms with Crippen LogP contribution in [0.15, 0.2) is 42.5 Å². The molecule has 2 aromatic carbocycles. The Morgan fingerprint density at radius 1 is 0.920 bits per heavy atom. The Balaban J connectivity index is 1.79. The summed E-state index contributed by atoms with van der Waals surface area (Å²) in [6.07, 6.45) is 0. The molecule has 1 aliphatic rings. The van der Waals surface area contributed by atoms with Crippen molar-refractivity contribution in [1.82, 2.24) is 0 Å². The molecule has 0 saturated carbocycles. The van der Waals surface area contributed by atoms with Gasteiger partial charge < -0.3 is 14.0 Å². The van der Waals surface area contributed by atoms with E-state index in [2.05, 4.69) is 0 Å². The lowest BCUT2D eigenvalue weighted by molar-refractivity contribution is 0.00578. The van der Waals surface area contributed by atoms with E-state index < -0.39 is 18.3 Å². The van der Waals surface area contributed by atoms with E-state index in [1.165, 1.54) is 0 Å². The minimum absolute atomic E-state index is 0.399. The third-order valence-corrected chi connectivity index (χ3v) is 5.33. The maximum atomic E-state index is 6.40. The molecule has 25 heavy (non-hydrogen) atoms. The van der Waals surface area contributed by atoms with Crippen LogP contribution in [0.1, 0.15) is 33.3 Å². The zero-order chi connectivity index (χ0) is 18.2. The van der Waals surface area contributed by atoms with E-state index >= 15 is 0 Å². The van der Waals surface area contributed by atoms with E-state index in [1.54, 1.807) is 12.1 Å². The van der Waals surface area contributed by atoms with Crippen LogP contribution < -0.4 is 10.2 Å². The van der Waals surface area contributed by atoms with Crippen LogP contribution in [-0.4, -0.2) is 18.3 Å². The third kappa shape index (κ3) is 3.82. The SMILES string of the molecule is CC1(C)OB(c2cc(Cl)c(OCc3ccccc3)c(Cl)c2)OC1(C)C. The van der Waals surface area contributed by atoms with Crippen LogP contribution in [0.4, 0.5) is 0 Å². The highest BCUT2D eigenvalue weighted by molar-refractivity contribution is 6.63. The Hall–Kier alpha value is -1.20. The molecule has 2 aromatic rings. The molecule has 1 fully saturated rings. The Kier molecular flexibility index (Phi) is 5.09. The average molecular weight is 379 g/mol. The molecule has 3 rings (SSSR count). The van der Waals surface area contributed by atoms with Crippen LogP contribution in [-0.2, 0) is 15.9 Å². The van der Waals surface area contributed by atoms with Crippen molar-refractivity contribution in [1.29, 1.82) is 0 Å². The van der Waals surface area contributed by atoms with Crippen molar-refractivity contribution in [3.05, 3.63) is 58.1 Å². The van der Waals surface area contributed by atoms with Crippen molar-refractivity contribution in [2.45, 2.75) is 45.5 Å². The predicted octanol–water partition coefficient (Wildman–Crippen LogP) is 4.87. The van der Waals surface area contributed by atoms with E-state index in [0.29, 0.717) is 22.4 Å². The summed E-state index contributed by atoms with van der Waals surface area (Å²) in [6, 6.07) is 13.4. The molecule has 0 N–H and O–H groups in total. The summed E-state index contributed by atoms with van der Waals surface area (Å²) in [6.45, 7) is 8.43. The first-order chi connectivity index (χ1) is 11.7. The van der Waals surface area contributed by atoms with Gasteiger partial charge >= 0.3 is 7.12 Å². The van der Waals surface area contributed by atoms with Gasteiger partial charge in [0, 0.05) is 0 Å². The molecule has 6 heteroatoms. The van der Waals surface area contributed by atoms with Gasteiger partial charge in [-0.05, 0) is 50.9 Å². The summed E-state index contributed by atoms with van der Waals surface area (Å²) >= 11 is 12.8. The summed E-state index contributed by atoms with van der Waals surface area (Å²) in [5.41, 5.74) is 0.989. The highest BCUT2D eigenvalue weighted by atomic mass is 35.5. The Bertz CT molecular complexity index is 724. The van der Waals surface area contributed by atoms with Gasteiger partial charge in [-0.1, -0.05) is 53.5 Å². The minimum atomic E-state index is -0.511. The predicted molar refractivity (Wildman–Crippen MR) is 103 cm³/mol. The number of hydrogen-bond acceptors (Lipinski definition) is 3. The molecule has 0 atom stereocenters. The zero-order valence-electron chi connectivity index (χ0n) is 14.8. The van der Waals surface area contributed by atoms with Gasteiger partial charge in [0.25, 0.3) is 0 Å². The van der Waals surface area contributed by atoms with Gasteiger partial charge in [-0.3, -0.25) is 0 Å². The van der Waals surface area contributed by atoms with E-state index in [4.69, 9.17) is 37.2 Å². The lowest BCUT2D eigenvalue weighted by Gasteiger charge is -2.32. The molecular weight excluding hydrogens is 358 g/mol. The molecule has 1 aliphatic heterocycles. The van der Waals surface area contributed by atoms with E-state index in [0.717, 1.165) is 11.0 Å². The van der Waals surface area contributed by atoms with Gasteiger partial charge in [0.1, 0.15) is 6.61 Å². The maximum Gasteiger partial charge on any atom is 0.494 e. The summed E-state index contributed by atoms with van der Waals surface area (Å²) < 4.78 is 17.9. The monoisotopic (exact) mass is 378 g/mol. The van der Waals surface area contributed by atoms with Crippen molar-refractivity contribution >= 4 is 35.8 Å². The third-order valence-electron chi connectivity index (χ3n) is 4.77. The van der Waals surface area contributed by atoms with Crippen molar-refractivity contribution < 1.29 is 14.0 Å². The average Bonchev–Trinajstić information content (AvgIpc) is 2.75. The molecule has 0 aliphatic carbocycles. The van der Waals surface area contributed by atoms with Crippen LogP contribution in [0, 0.1) is 0 Å². The number of halogens is 2. The van der Waals surface area contributed by atoms with Crippen LogP contribution in [0.5, 0.6) is 5.75 Å². The molecule has 0 aromatic heterocycles. The lowest BCUT2D eigenvalue weighted by Crippen LogP contribution is -2.41. The van der Waals surface area contributed by atoms with Crippen molar-refractivity contribution in [2.75, 3.05) is 0 Å². The summed E-state index contributed by atoms with van der Waals surface area (Å²) in [7, 11) is -0.511. The van der Waals surface area contributed by atoms with E-state index in [-0.39, 0.29) is 0 Å². The van der Waals surface area contributed by atoms with Crippen LogP contribution in [0.25, 0.3) is 0 Å². The second-order valence-electron chi connectivity index (χ2n) is 7.18. The van der Waals surface area contributed by atoms with Gasteiger partial charge in [-0.15, -0.1) is 0 Å². The van der Waals surface area contributed by atoms with Crippen molar-refractivity contribution in [3.63, 3.8) is 0 Å². The molecule has 0 spiro atoms. The number of benzene rings is 2. The standard InChI is InChI=1S/C19H21BCl2O3/c1-18(2)19(3,4)25-20(24-18)14-10-15(21)17(16(22)11-14)23-12-13-8-6-5-7-9-13/h5-11H,12H2,1-4H3. The lowest BCUT2D eigenvalue weighted by atomic mass is 9.79. The Labute approximate surface area is 159 Å². The molecule has 132 valence electrons. The molecule has 3 nitrogen and oxygen atoms in total. The van der Waals surface area contributed by atoms with Crippen LogP contribution >= 0.6 is 23.2 Å². The van der Waals surface area contributed by atoms with E-state index in [9.17, 15) is 0 Å². The molecule has 0 radical (unpaired) electrons. The first kappa shape index (κ1) is 18.6. The molecule has 1 heterocycles. The minimum Gasteiger partial charge on any atom is -0.486 e. The quantitative estimate of drug-likeness (QED) is 0.710. The molecule has 1 saturated heterocycles. The highest BCUT2D eigenvalue weighted by Gasteiger charge is 2.51. The fourth-order valence-corrected chi connectivity index (χ4v) is 3.18. The summed E-state index contributed by atoms with van der Waals surface area (Å²) in [4.78, 5) is 0. The normalized spacial score (nSPS) is 18.4. The summed E-state index contributed by atoms with van der Waals surface area (Å²) in [5.74, 6) is 0.465. The smallest absolute Gasteiger partial charge is 0.486 e. The van der Waals surface area contributed by atoms with Crippen molar-refractivity contribution in [3.8, 4) is 5.75 Å². The van der Waals surface area contributed by atoms with Gasteiger partial charge in [-0.25, -0.2) is 0 Å². The maximum absolute atomic E-state index is 6.40. The number of hydrogen-bond donors (Lipinski definition) is 0. The molecule has 0 unspecified atom stereocenters. The number of ether oxygens (including phenoxy) is 1. The zero-order valence-corrected chi connectivity index (χ0v) is 16.3. The van der Waals surface area contributed by atoms with Crippen LogP contribution in [0.2, 0.25) is 10.0 Å². The highest BCUT2D eigenvalue weighted by Crippen LogP contribution is 2.38. The number of rotatable bonds is 4. The second kappa shape index (κ2) is 6.84. The largest absolute Gasteiger partial charge is 0.494 e. The second-order valence-corrected chi connectivity index (χ2v) is 7.99. The first-order valence-electron chi connectivity index (χ1n) is 8.21. The van der Waals surface area contributed by atoms with Crippen molar-refractivity contribution in [2.24, 2.45) is 0 Å². The van der Waals surface area contributed by atoms with Gasteiger partial charge in [0.2, 0.25) is 0 Å². The van der Waals surface area contributed by atoms with Gasteiger partial charge in [-0.2, -0.15) is 0 Å². The fourth-order valence-electron chi connectivity index (χ4n) is 2.56. The summed E-state index contributed by atoms with van der Waals surface area (Å²) in [5, 5.41) is 0.876. The molecule has 0 amide bonds. The molecule has 0 bridgehead atoms. The Morgan fingerprint density at radius 3 is 1.96 bits per heavy atom. The van der Waals surface area contributed by atoms with Gasteiger partial charge in [0.15, 0.2) is 5.75 Å². The van der Waals surface area contributed by atoms with E-state index in [1.807, 2.05) is 58.0 Å². The first-order valence-corrected chi connectivity index (χ1v) is 8.96. The topological polar surface area (TPSA) is 27.7 Å². The molecular formula is C19H21BCl2O3. The fraction of sp³-hybridized carbons (Fsp3) is 0.368. The Morgan fingerprint density at radius 2 is 1.44 bits per heavy atom. The van der Waals surface area contributed by atoms with Gasteiger partial charge in [0.05, 0.1) is 21.2 Å². The van der Waals surface area contributed by atoms with Crippen LogP contribution in [0.3, 0.4) is 0 Å².